The van der Waals surface area contributed by atoms with Gasteiger partial charge in [-0.2, -0.15) is 5.26 Å². The van der Waals surface area contributed by atoms with Crippen LogP contribution in [0.5, 0.6) is 0 Å². The molecule has 0 aliphatic rings. The third kappa shape index (κ3) is 4.60. The van der Waals surface area contributed by atoms with Crippen LogP contribution in [0.15, 0.2) is 24.3 Å². The van der Waals surface area contributed by atoms with E-state index >= 15 is 0 Å². The number of nitrogens with zero attached hydrogens (tertiary/aromatic N) is 3. The summed E-state index contributed by atoms with van der Waals surface area (Å²) in [5.74, 6) is -1.65. The Labute approximate surface area is 144 Å². The molecule has 0 saturated heterocycles. The molecule has 2 N–H and O–H groups in total. The van der Waals surface area contributed by atoms with Gasteiger partial charge in [-0.05, 0) is 25.1 Å². The number of unbranched alkanes of at least 4 members (excludes halogenated alkanes) is 1. The van der Waals surface area contributed by atoms with Gasteiger partial charge in [-0.25, -0.2) is 4.98 Å². The summed E-state index contributed by atoms with van der Waals surface area (Å²) in [5, 5.41) is 9.93. The van der Waals surface area contributed by atoms with E-state index in [0.29, 0.717) is 11.6 Å². The van der Waals surface area contributed by atoms with Gasteiger partial charge < -0.3 is 5.73 Å². The number of hydrogen-bond acceptors (Lipinski definition) is 6. The minimum absolute atomic E-state index is 0.0176. The smallest absolute Gasteiger partial charge is 0.231 e. The zero-order chi connectivity index (χ0) is 17.5. The Morgan fingerprint density at radius 1 is 1.38 bits per heavy atom. The first-order chi connectivity index (χ1) is 11.5. The van der Waals surface area contributed by atoms with Crippen LogP contribution in [0.3, 0.4) is 0 Å². The maximum absolute atomic E-state index is 12.6. The van der Waals surface area contributed by atoms with Crippen LogP contribution in [-0.4, -0.2) is 41.2 Å². The summed E-state index contributed by atoms with van der Waals surface area (Å²) < 4.78 is 0.945. The molecule has 1 aromatic carbocycles. The topological polar surface area (TPSA) is 100 Å². The number of thiazole rings is 1. The summed E-state index contributed by atoms with van der Waals surface area (Å²) in [6, 6.07) is 9.58. The molecule has 24 heavy (non-hydrogen) atoms. The number of benzene rings is 1. The third-order valence-electron chi connectivity index (χ3n) is 3.60. The largest absolute Gasteiger partial charge is 0.369 e. The lowest BCUT2D eigenvalue weighted by Crippen LogP contribution is -2.39. The first kappa shape index (κ1) is 18.0. The second-order valence-corrected chi connectivity index (χ2v) is 6.64. The lowest BCUT2D eigenvalue weighted by atomic mass is 10.1. The number of para-hydroxylation sites is 1. The van der Waals surface area contributed by atoms with Crippen LogP contribution in [0.1, 0.15) is 30.7 Å². The summed E-state index contributed by atoms with van der Waals surface area (Å²) in [6.07, 6.45) is 1.81. The molecular weight excluding hydrogens is 324 g/mol. The van der Waals surface area contributed by atoms with E-state index in [-0.39, 0.29) is 18.9 Å². The van der Waals surface area contributed by atoms with Gasteiger partial charge in [0.05, 0.1) is 29.4 Å². The fourth-order valence-corrected chi connectivity index (χ4v) is 3.44. The predicted octanol–water partition coefficient (Wildman–Crippen LogP) is 2.06. The summed E-state index contributed by atoms with van der Waals surface area (Å²) in [6.45, 7) is 2.67. The summed E-state index contributed by atoms with van der Waals surface area (Å²) in [4.78, 5) is 29.8. The molecule has 0 aliphatic heterocycles. The van der Waals surface area contributed by atoms with Crippen molar-refractivity contribution in [3.63, 3.8) is 0 Å². The summed E-state index contributed by atoms with van der Waals surface area (Å²) >= 11 is 1.35. The molecule has 6 nitrogen and oxygen atoms in total. The first-order valence-electron chi connectivity index (χ1n) is 7.83. The van der Waals surface area contributed by atoms with E-state index in [4.69, 9.17) is 5.73 Å². The van der Waals surface area contributed by atoms with E-state index in [0.717, 1.165) is 23.1 Å². The van der Waals surface area contributed by atoms with Crippen LogP contribution in [0.25, 0.3) is 10.2 Å². The fourth-order valence-electron chi connectivity index (χ4n) is 2.41. The Balaban J connectivity index is 2.14. The second kappa shape index (κ2) is 8.52. The van der Waals surface area contributed by atoms with Crippen LogP contribution in [-0.2, 0) is 9.59 Å². The fraction of sp³-hybridized carbons (Fsp3) is 0.412. The molecule has 2 aromatic rings. The van der Waals surface area contributed by atoms with Crippen LogP contribution < -0.4 is 5.73 Å². The number of ketones is 1. The van der Waals surface area contributed by atoms with E-state index in [9.17, 15) is 14.9 Å². The van der Waals surface area contributed by atoms with Gasteiger partial charge in [0.15, 0.2) is 11.7 Å². The van der Waals surface area contributed by atoms with E-state index in [1.165, 1.54) is 11.3 Å². The number of primary amides is 1. The average Bonchev–Trinajstić information content (AvgIpc) is 2.96. The molecule has 1 unspecified atom stereocenters. The van der Waals surface area contributed by atoms with Crippen molar-refractivity contribution in [2.24, 2.45) is 5.73 Å². The molecule has 1 amide bonds. The SMILES string of the molecule is CCCCN(CC(N)=O)CC(=O)C(C#N)c1nc2ccccc2s1. The lowest BCUT2D eigenvalue weighted by Gasteiger charge is -2.20. The number of rotatable bonds is 9. The van der Waals surface area contributed by atoms with Gasteiger partial charge in [0, 0.05) is 0 Å². The zero-order valence-electron chi connectivity index (χ0n) is 13.6. The van der Waals surface area contributed by atoms with E-state index in [1.807, 2.05) is 37.3 Å². The summed E-state index contributed by atoms with van der Waals surface area (Å²) in [5.41, 5.74) is 6.03. The van der Waals surface area contributed by atoms with Crippen molar-refractivity contribution in [3.8, 4) is 6.07 Å². The Bertz CT molecular complexity index is 732. The van der Waals surface area contributed by atoms with Crippen molar-refractivity contribution in [1.82, 2.24) is 9.88 Å². The highest BCUT2D eigenvalue weighted by Gasteiger charge is 2.26. The van der Waals surface area contributed by atoms with Crippen molar-refractivity contribution in [3.05, 3.63) is 29.3 Å². The zero-order valence-corrected chi connectivity index (χ0v) is 14.4. The number of hydrogen-bond donors (Lipinski definition) is 1. The molecule has 2 rings (SSSR count). The molecule has 0 aliphatic carbocycles. The van der Waals surface area contributed by atoms with E-state index in [2.05, 4.69) is 4.98 Å². The molecule has 126 valence electrons. The van der Waals surface area contributed by atoms with Crippen LogP contribution in [0.2, 0.25) is 0 Å². The molecular formula is C17H20N4O2S. The Morgan fingerprint density at radius 2 is 2.12 bits per heavy atom. The van der Waals surface area contributed by atoms with Crippen molar-refractivity contribution in [1.29, 1.82) is 5.26 Å². The number of nitriles is 1. The minimum Gasteiger partial charge on any atom is -0.369 e. The molecule has 1 atom stereocenters. The molecule has 1 aromatic heterocycles. The van der Waals surface area contributed by atoms with Crippen molar-refractivity contribution < 1.29 is 9.59 Å². The van der Waals surface area contributed by atoms with Crippen molar-refractivity contribution in [2.75, 3.05) is 19.6 Å². The van der Waals surface area contributed by atoms with Gasteiger partial charge in [0.2, 0.25) is 5.91 Å². The van der Waals surface area contributed by atoms with Gasteiger partial charge >= 0.3 is 0 Å². The highest BCUT2D eigenvalue weighted by Crippen LogP contribution is 2.27. The van der Waals surface area contributed by atoms with Crippen LogP contribution >= 0.6 is 11.3 Å². The van der Waals surface area contributed by atoms with Gasteiger partial charge in [-0.1, -0.05) is 25.5 Å². The molecule has 0 radical (unpaired) electrons. The van der Waals surface area contributed by atoms with Crippen LogP contribution in [0, 0.1) is 11.3 Å². The van der Waals surface area contributed by atoms with Crippen molar-refractivity contribution in [2.45, 2.75) is 25.7 Å². The van der Waals surface area contributed by atoms with Gasteiger partial charge in [0.25, 0.3) is 0 Å². The minimum atomic E-state index is -0.917. The van der Waals surface area contributed by atoms with Crippen LogP contribution in [0.4, 0.5) is 0 Å². The maximum Gasteiger partial charge on any atom is 0.231 e. The molecule has 7 heteroatoms. The number of amides is 1. The molecule has 0 spiro atoms. The van der Waals surface area contributed by atoms with Gasteiger partial charge in [0.1, 0.15) is 5.01 Å². The first-order valence-corrected chi connectivity index (χ1v) is 8.65. The van der Waals surface area contributed by atoms with E-state index in [1.54, 1.807) is 4.90 Å². The number of carbonyl (C=O) groups is 2. The van der Waals surface area contributed by atoms with E-state index < -0.39 is 11.8 Å². The van der Waals surface area contributed by atoms with Crippen molar-refractivity contribution >= 4 is 33.2 Å². The summed E-state index contributed by atoms with van der Waals surface area (Å²) in [7, 11) is 0. The number of nitrogens with two attached hydrogens (primary N) is 1. The molecule has 1 heterocycles. The quantitative estimate of drug-likeness (QED) is 0.750. The third-order valence-corrected chi connectivity index (χ3v) is 4.70. The monoisotopic (exact) mass is 344 g/mol. The normalized spacial score (nSPS) is 12.2. The number of aromatic nitrogens is 1. The second-order valence-electron chi connectivity index (χ2n) is 5.58. The Hall–Kier alpha value is -2.30. The Morgan fingerprint density at radius 3 is 2.75 bits per heavy atom. The maximum atomic E-state index is 12.6. The predicted molar refractivity (Wildman–Crippen MR) is 93.5 cm³/mol. The van der Waals surface area contributed by atoms with Gasteiger partial charge in [-0.3, -0.25) is 14.5 Å². The standard InChI is InChI=1S/C17H20N4O2S/c1-2-3-8-21(11-16(19)23)10-14(22)12(9-18)17-20-13-6-4-5-7-15(13)24-17/h4-7,12H,2-3,8,10-11H2,1H3,(H2,19,23). The number of fused-ring (bicyclic) bond motifs is 1. The highest BCUT2D eigenvalue weighted by molar-refractivity contribution is 7.18. The van der Waals surface area contributed by atoms with Gasteiger partial charge in [-0.15, -0.1) is 11.3 Å². The number of carbonyl (C=O) groups excluding carboxylic acids is 2. The average molecular weight is 344 g/mol. The molecule has 0 bridgehead atoms. The lowest BCUT2D eigenvalue weighted by molar-refractivity contribution is -0.122. The molecule has 0 fully saturated rings. The molecule has 0 saturated carbocycles. The highest BCUT2D eigenvalue weighted by atomic mass is 32.1. The number of Topliss-reactive ketones (excluding diaryl/α,β-unsaturated/α-hetero) is 1. The Kier molecular flexibility index (Phi) is 6.41.